The van der Waals surface area contributed by atoms with Crippen molar-refractivity contribution in [3.8, 4) is 11.5 Å². The molecule has 0 amide bonds. The largest absolute Gasteiger partial charge is 0.497 e. The minimum absolute atomic E-state index is 0. The third-order valence-corrected chi connectivity index (χ3v) is 3.72. The first-order chi connectivity index (χ1) is 9.39. The number of benzene rings is 1. The quantitative estimate of drug-likeness (QED) is 0.715. The van der Waals surface area contributed by atoms with Crippen molar-refractivity contribution in [2.75, 3.05) is 38.0 Å². The summed E-state index contributed by atoms with van der Waals surface area (Å²) in [5.41, 5.74) is 0.888. The van der Waals surface area contributed by atoms with Crippen LogP contribution in [0.3, 0.4) is 0 Å². The summed E-state index contributed by atoms with van der Waals surface area (Å²) in [4.78, 5) is 2.00. The lowest BCUT2D eigenvalue weighted by atomic mass is 10.2. The Morgan fingerprint density at radius 2 is 1.67 bits per heavy atom. The lowest BCUT2D eigenvalue weighted by Crippen LogP contribution is -2.25. The number of hydrogen-bond acceptors (Lipinski definition) is 5. The first kappa shape index (κ1) is 19.5. The molecule has 8 heteroatoms. The van der Waals surface area contributed by atoms with Gasteiger partial charge in [0.25, 0.3) is 10.1 Å². The van der Waals surface area contributed by atoms with Gasteiger partial charge in [-0.25, -0.2) is 0 Å². The zero-order chi connectivity index (χ0) is 15.2. The van der Waals surface area contributed by atoms with E-state index in [0.717, 1.165) is 5.69 Å². The first-order valence-corrected chi connectivity index (χ1v) is 7.93. The number of rotatable bonds is 8. The van der Waals surface area contributed by atoms with E-state index in [-0.39, 0.29) is 11.2 Å². The van der Waals surface area contributed by atoms with Gasteiger partial charge in [0.2, 0.25) is 0 Å². The fourth-order valence-corrected chi connectivity index (χ4v) is 2.38. The average Bonchev–Trinajstić information content (AvgIpc) is 2.41. The van der Waals surface area contributed by atoms with Crippen molar-refractivity contribution in [3.63, 3.8) is 0 Å². The van der Waals surface area contributed by atoms with Crippen LogP contribution in [0.5, 0.6) is 11.5 Å². The summed E-state index contributed by atoms with van der Waals surface area (Å²) in [5.74, 6) is 1.10. The van der Waals surface area contributed by atoms with E-state index >= 15 is 0 Å². The van der Waals surface area contributed by atoms with Gasteiger partial charge in [-0.3, -0.25) is 4.55 Å². The van der Waals surface area contributed by atoms with E-state index in [1.54, 1.807) is 20.3 Å². The number of ether oxygens (including phenoxy) is 2. The zero-order valence-corrected chi connectivity index (χ0v) is 13.3. The predicted molar refractivity (Wildman–Crippen MR) is 82.1 cm³/mol. The molecular weight excluding hydrogens is 298 g/mol. The SMILES string of the molecule is CCN(CCCS(=O)(=O)O)c1cc(OC)cc(OC)c1.O. The van der Waals surface area contributed by atoms with Crippen LogP contribution in [0.15, 0.2) is 18.2 Å². The lowest BCUT2D eigenvalue weighted by Gasteiger charge is -2.24. The van der Waals surface area contributed by atoms with Crippen LogP contribution in [0, 0.1) is 0 Å². The van der Waals surface area contributed by atoms with E-state index in [9.17, 15) is 8.42 Å². The van der Waals surface area contributed by atoms with Crippen LogP contribution >= 0.6 is 0 Å². The number of nitrogens with zero attached hydrogens (tertiary/aromatic N) is 1. The molecule has 1 aromatic carbocycles. The average molecular weight is 321 g/mol. The molecule has 0 aliphatic carbocycles. The maximum atomic E-state index is 10.7. The van der Waals surface area contributed by atoms with Crippen LogP contribution in [0.2, 0.25) is 0 Å². The van der Waals surface area contributed by atoms with Crippen LogP contribution in [-0.2, 0) is 10.1 Å². The summed E-state index contributed by atoms with van der Waals surface area (Å²) in [7, 11) is -0.759. The molecule has 0 aliphatic rings. The minimum Gasteiger partial charge on any atom is -0.497 e. The fourth-order valence-electron chi connectivity index (χ4n) is 1.88. The van der Waals surface area contributed by atoms with Gasteiger partial charge < -0.3 is 19.8 Å². The Balaban J connectivity index is 0.00000400. The van der Waals surface area contributed by atoms with Gasteiger partial charge in [0.1, 0.15) is 11.5 Å². The monoisotopic (exact) mass is 321 g/mol. The van der Waals surface area contributed by atoms with E-state index in [4.69, 9.17) is 14.0 Å². The van der Waals surface area contributed by atoms with Gasteiger partial charge in [-0.05, 0) is 13.3 Å². The van der Waals surface area contributed by atoms with Gasteiger partial charge in [0.15, 0.2) is 0 Å². The third-order valence-electron chi connectivity index (χ3n) is 2.91. The second-order valence-corrected chi connectivity index (χ2v) is 5.86. The van der Waals surface area contributed by atoms with Crippen molar-refractivity contribution >= 4 is 15.8 Å². The van der Waals surface area contributed by atoms with Crippen LogP contribution in [0.4, 0.5) is 5.69 Å². The standard InChI is InChI=1S/C13H21NO5S.H2O/c1-4-14(6-5-7-20(15,16)17)11-8-12(18-2)10-13(9-11)19-3;/h8-10H,4-7H2,1-3H3,(H,15,16,17);1H2. The molecule has 7 nitrogen and oxygen atoms in total. The van der Waals surface area contributed by atoms with Crippen LogP contribution in [0.1, 0.15) is 13.3 Å². The highest BCUT2D eigenvalue weighted by atomic mass is 32.2. The zero-order valence-electron chi connectivity index (χ0n) is 12.5. The molecular formula is C13H23NO6S. The van der Waals surface area contributed by atoms with E-state index in [2.05, 4.69) is 0 Å². The van der Waals surface area contributed by atoms with Gasteiger partial charge in [-0.15, -0.1) is 0 Å². The Morgan fingerprint density at radius 3 is 2.05 bits per heavy atom. The van der Waals surface area contributed by atoms with Gasteiger partial charge in [0, 0.05) is 37.0 Å². The van der Waals surface area contributed by atoms with Gasteiger partial charge in [-0.2, -0.15) is 8.42 Å². The Labute approximate surface area is 125 Å². The molecule has 0 radical (unpaired) electrons. The predicted octanol–water partition coefficient (Wildman–Crippen LogP) is 0.983. The maximum absolute atomic E-state index is 10.7. The number of methoxy groups -OCH3 is 2. The summed E-state index contributed by atoms with van der Waals surface area (Å²) >= 11 is 0. The van der Waals surface area contributed by atoms with Gasteiger partial charge >= 0.3 is 0 Å². The molecule has 0 aliphatic heterocycles. The Hall–Kier alpha value is -1.51. The summed E-state index contributed by atoms with van der Waals surface area (Å²) in [6.45, 7) is 3.20. The molecule has 1 rings (SSSR count). The number of hydrogen-bond donors (Lipinski definition) is 1. The Kier molecular flexibility index (Phi) is 8.08. The molecule has 0 saturated carbocycles. The first-order valence-electron chi connectivity index (χ1n) is 6.32. The molecule has 0 unspecified atom stereocenters. The molecule has 21 heavy (non-hydrogen) atoms. The highest BCUT2D eigenvalue weighted by Crippen LogP contribution is 2.28. The molecule has 0 bridgehead atoms. The van der Waals surface area contributed by atoms with Gasteiger partial charge in [-0.1, -0.05) is 0 Å². The maximum Gasteiger partial charge on any atom is 0.264 e. The molecule has 0 aromatic heterocycles. The molecule has 0 fully saturated rings. The van der Waals surface area contributed by atoms with Crippen LogP contribution in [0.25, 0.3) is 0 Å². The van der Waals surface area contributed by atoms with Crippen molar-refractivity contribution < 1.29 is 27.9 Å². The number of anilines is 1. The fraction of sp³-hybridized carbons (Fsp3) is 0.538. The topological polar surface area (TPSA) is 108 Å². The van der Waals surface area contributed by atoms with E-state index < -0.39 is 10.1 Å². The normalized spacial score (nSPS) is 10.7. The van der Waals surface area contributed by atoms with E-state index in [1.165, 1.54) is 0 Å². The molecule has 3 N–H and O–H groups in total. The van der Waals surface area contributed by atoms with Crippen molar-refractivity contribution in [3.05, 3.63) is 18.2 Å². The second-order valence-electron chi connectivity index (χ2n) is 4.29. The molecule has 1 aromatic rings. The van der Waals surface area contributed by atoms with Crippen LogP contribution in [-0.4, -0.2) is 51.5 Å². The molecule has 0 atom stereocenters. The van der Waals surface area contributed by atoms with Gasteiger partial charge in [0.05, 0.1) is 20.0 Å². The highest BCUT2D eigenvalue weighted by Gasteiger charge is 2.10. The molecule has 0 spiro atoms. The Morgan fingerprint density at radius 1 is 1.14 bits per heavy atom. The van der Waals surface area contributed by atoms with Crippen LogP contribution < -0.4 is 14.4 Å². The van der Waals surface area contributed by atoms with Crippen molar-refractivity contribution in [1.82, 2.24) is 0 Å². The summed E-state index contributed by atoms with van der Waals surface area (Å²) < 4.78 is 40.6. The van der Waals surface area contributed by atoms with Crippen molar-refractivity contribution in [2.45, 2.75) is 13.3 Å². The lowest BCUT2D eigenvalue weighted by molar-refractivity contribution is 0.394. The molecule has 0 heterocycles. The van der Waals surface area contributed by atoms with Crippen molar-refractivity contribution in [2.24, 2.45) is 0 Å². The third kappa shape index (κ3) is 6.65. The molecule has 0 saturated heterocycles. The van der Waals surface area contributed by atoms with Crippen molar-refractivity contribution in [1.29, 1.82) is 0 Å². The van der Waals surface area contributed by atoms with E-state index in [0.29, 0.717) is 31.0 Å². The summed E-state index contributed by atoms with van der Waals surface area (Å²) in [5, 5.41) is 0. The second kappa shape index (κ2) is 8.71. The van der Waals surface area contributed by atoms with E-state index in [1.807, 2.05) is 24.0 Å². The minimum atomic E-state index is -3.91. The highest BCUT2D eigenvalue weighted by molar-refractivity contribution is 7.85. The summed E-state index contributed by atoms with van der Waals surface area (Å²) in [6.07, 6.45) is 0.353. The summed E-state index contributed by atoms with van der Waals surface area (Å²) in [6, 6.07) is 5.49. The smallest absolute Gasteiger partial charge is 0.264 e. The Bertz CT molecular complexity index is 509. The molecule has 122 valence electrons.